The zero-order chi connectivity index (χ0) is 23.6. The number of para-hydroxylation sites is 1. The van der Waals surface area contributed by atoms with Crippen LogP contribution >= 0.6 is 11.3 Å². The van der Waals surface area contributed by atoms with Crippen molar-refractivity contribution in [2.75, 3.05) is 38.2 Å². The first-order chi connectivity index (χ1) is 17.3. The van der Waals surface area contributed by atoms with Crippen LogP contribution < -0.4 is 9.64 Å². The normalized spacial score (nSPS) is 18.7. The van der Waals surface area contributed by atoms with Crippen molar-refractivity contribution >= 4 is 26.7 Å². The van der Waals surface area contributed by atoms with E-state index >= 15 is 0 Å². The maximum Gasteiger partial charge on any atom is 0.186 e. The molecule has 2 aromatic heterocycles. The minimum atomic E-state index is 0.00958. The first kappa shape index (κ1) is 22.4. The van der Waals surface area contributed by atoms with Gasteiger partial charge in [-0.3, -0.25) is 4.90 Å². The molecule has 0 bridgehead atoms. The minimum Gasteiger partial charge on any atom is -0.497 e. The van der Waals surface area contributed by atoms with Crippen LogP contribution in [-0.2, 0) is 0 Å². The fourth-order valence-corrected chi connectivity index (χ4v) is 6.46. The molecule has 1 atom stereocenters. The number of methoxy groups -OCH3 is 1. The second-order valence-electron chi connectivity index (χ2n) is 9.44. The number of benzene rings is 2. The third-order valence-electron chi connectivity index (χ3n) is 7.35. The van der Waals surface area contributed by atoms with Crippen molar-refractivity contribution < 1.29 is 4.74 Å². The van der Waals surface area contributed by atoms with Crippen molar-refractivity contribution in [2.45, 2.75) is 44.2 Å². The van der Waals surface area contributed by atoms with Gasteiger partial charge in [0.1, 0.15) is 5.75 Å². The fourth-order valence-electron chi connectivity index (χ4n) is 5.44. The van der Waals surface area contributed by atoms with Crippen LogP contribution in [0.3, 0.4) is 0 Å². The SMILES string of the molecule is COc1ccc([C@H](c2nnnn2C2CCCCC2)N2CCN(c3nc4ccccc4s3)CC2)cc1. The van der Waals surface area contributed by atoms with Crippen LogP contribution in [0.15, 0.2) is 48.5 Å². The quantitative estimate of drug-likeness (QED) is 0.388. The first-order valence-electron chi connectivity index (χ1n) is 12.6. The van der Waals surface area contributed by atoms with Gasteiger partial charge < -0.3 is 9.64 Å². The molecule has 35 heavy (non-hydrogen) atoms. The molecule has 2 aliphatic rings. The molecule has 3 heterocycles. The van der Waals surface area contributed by atoms with Crippen molar-refractivity contribution in [3.05, 3.63) is 59.9 Å². The van der Waals surface area contributed by atoms with Gasteiger partial charge in [-0.25, -0.2) is 9.67 Å². The molecule has 0 amide bonds. The summed E-state index contributed by atoms with van der Waals surface area (Å²) in [4.78, 5) is 9.82. The maximum atomic E-state index is 5.42. The molecular formula is C26H31N7OS. The molecule has 6 rings (SSSR count). The molecule has 0 radical (unpaired) electrons. The highest BCUT2D eigenvalue weighted by atomic mass is 32.1. The van der Waals surface area contributed by atoms with Gasteiger partial charge in [0.15, 0.2) is 11.0 Å². The Morgan fingerprint density at radius 3 is 2.46 bits per heavy atom. The Morgan fingerprint density at radius 1 is 0.943 bits per heavy atom. The van der Waals surface area contributed by atoms with Gasteiger partial charge in [0.25, 0.3) is 0 Å². The van der Waals surface area contributed by atoms with Crippen molar-refractivity contribution in [2.24, 2.45) is 0 Å². The highest BCUT2D eigenvalue weighted by Crippen LogP contribution is 2.35. The lowest BCUT2D eigenvalue weighted by molar-refractivity contribution is 0.193. The average Bonchev–Trinajstić information content (AvgIpc) is 3.58. The number of nitrogens with zero attached hydrogens (tertiary/aromatic N) is 7. The van der Waals surface area contributed by atoms with Crippen LogP contribution in [0.25, 0.3) is 10.2 Å². The fraction of sp³-hybridized carbons (Fsp3) is 0.462. The molecule has 1 saturated carbocycles. The van der Waals surface area contributed by atoms with E-state index in [4.69, 9.17) is 9.72 Å². The number of ether oxygens (including phenoxy) is 1. The highest BCUT2D eigenvalue weighted by molar-refractivity contribution is 7.22. The predicted molar refractivity (Wildman–Crippen MR) is 138 cm³/mol. The Hall–Kier alpha value is -3.04. The molecule has 1 aliphatic heterocycles. The van der Waals surface area contributed by atoms with Gasteiger partial charge >= 0.3 is 0 Å². The van der Waals surface area contributed by atoms with Gasteiger partial charge in [-0.15, -0.1) is 5.10 Å². The summed E-state index contributed by atoms with van der Waals surface area (Å²) in [6, 6.07) is 17.2. The molecular weight excluding hydrogens is 458 g/mol. The van der Waals surface area contributed by atoms with E-state index in [0.717, 1.165) is 61.2 Å². The van der Waals surface area contributed by atoms with Crippen molar-refractivity contribution in [1.82, 2.24) is 30.1 Å². The third kappa shape index (κ3) is 4.50. The van der Waals surface area contributed by atoms with Crippen LogP contribution in [0.1, 0.15) is 55.6 Å². The monoisotopic (exact) mass is 489 g/mol. The van der Waals surface area contributed by atoms with Gasteiger partial charge in [0, 0.05) is 26.2 Å². The molecule has 2 fully saturated rings. The van der Waals surface area contributed by atoms with Crippen molar-refractivity contribution in [1.29, 1.82) is 0 Å². The number of rotatable bonds is 6. The Bertz CT molecular complexity index is 1220. The summed E-state index contributed by atoms with van der Waals surface area (Å²) in [5, 5.41) is 14.3. The smallest absolute Gasteiger partial charge is 0.186 e. The number of fused-ring (bicyclic) bond motifs is 1. The topological polar surface area (TPSA) is 72.2 Å². The van der Waals surface area contributed by atoms with E-state index in [-0.39, 0.29) is 6.04 Å². The van der Waals surface area contributed by atoms with Crippen LogP contribution in [0.2, 0.25) is 0 Å². The van der Waals surface area contributed by atoms with Crippen LogP contribution in [0.5, 0.6) is 5.75 Å². The third-order valence-corrected chi connectivity index (χ3v) is 8.44. The van der Waals surface area contributed by atoms with E-state index in [2.05, 4.69) is 66.4 Å². The lowest BCUT2D eigenvalue weighted by atomic mass is 9.95. The standard InChI is InChI=1S/C26H31N7OS/c1-34-21-13-11-19(12-14-21)24(25-28-29-30-33(25)20-7-3-2-4-8-20)31-15-17-32(18-16-31)26-27-22-9-5-6-10-23(22)35-26/h5-6,9-14,20,24H,2-4,7-8,15-18H2,1H3/t24-/m1/s1. The number of piperazine rings is 1. The van der Waals surface area contributed by atoms with E-state index in [0.29, 0.717) is 6.04 Å². The van der Waals surface area contributed by atoms with E-state index in [1.807, 2.05) is 12.1 Å². The molecule has 0 N–H and O–H groups in total. The van der Waals surface area contributed by atoms with E-state index in [1.165, 1.54) is 29.5 Å². The molecule has 0 unspecified atom stereocenters. The summed E-state index contributed by atoms with van der Waals surface area (Å²) in [5.74, 6) is 1.82. The van der Waals surface area contributed by atoms with Crippen LogP contribution in [0.4, 0.5) is 5.13 Å². The molecule has 1 saturated heterocycles. The molecule has 2 aromatic carbocycles. The Balaban J connectivity index is 1.27. The zero-order valence-electron chi connectivity index (χ0n) is 20.1. The highest BCUT2D eigenvalue weighted by Gasteiger charge is 2.33. The predicted octanol–water partition coefficient (Wildman–Crippen LogP) is 4.71. The molecule has 8 nitrogen and oxygen atoms in total. The van der Waals surface area contributed by atoms with Crippen molar-refractivity contribution in [3.63, 3.8) is 0 Å². The minimum absolute atomic E-state index is 0.00958. The maximum absolute atomic E-state index is 5.42. The summed E-state index contributed by atoms with van der Waals surface area (Å²) in [6.07, 6.45) is 6.11. The molecule has 1 aliphatic carbocycles. The zero-order valence-corrected chi connectivity index (χ0v) is 20.9. The van der Waals surface area contributed by atoms with Gasteiger partial charge in [-0.05, 0) is 53.1 Å². The number of anilines is 1. The number of hydrogen-bond acceptors (Lipinski definition) is 8. The van der Waals surface area contributed by atoms with Gasteiger partial charge in [0.05, 0.1) is 29.4 Å². The summed E-state index contributed by atoms with van der Waals surface area (Å²) in [6.45, 7) is 3.70. The Labute approximate surface area is 209 Å². The van der Waals surface area contributed by atoms with Crippen molar-refractivity contribution in [3.8, 4) is 5.75 Å². The van der Waals surface area contributed by atoms with Crippen LogP contribution in [-0.4, -0.2) is 63.4 Å². The molecule has 4 aromatic rings. The van der Waals surface area contributed by atoms with Gasteiger partial charge in [0.2, 0.25) is 0 Å². The van der Waals surface area contributed by atoms with E-state index < -0.39 is 0 Å². The molecule has 182 valence electrons. The number of hydrogen-bond donors (Lipinski definition) is 0. The summed E-state index contributed by atoms with van der Waals surface area (Å²) in [5.41, 5.74) is 2.28. The lowest BCUT2D eigenvalue weighted by Crippen LogP contribution is -2.48. The summed E-state index contributed by atoms with van der Waals surface area (Å²) < 4.78 is 8.78. The number of tetrazole rings is 1. The van der Waals surface area contributed by atoms with E-state index in [1.54, 1.807) is 18.4 Å². The average molecular weight is 490 g/mol. The largest absolute Gasteiger partial charge is 0.497 e. The van der Waals surface area contributed by atoms with E-state index in [9.17, 15) is 0 Å². The second-order valence-corrected chi connectivity index (χ2v) is 10.4. The number of thiazole rings is 1. The molecule has 0 spiro atoms. The van der Waals surface area contributed by atoms with Gasteiger partial charge in [-0.2, -0.15) is 0 Å². The summed E-state index contributed by atoms with van der Waals surface area (Å²) in [7, 11) is 1.71. The number of aromatic nitrogens is 5. The Morgan fingerprint density at radius 2 is 1.71 bits per heavy atom. The summed E-state index contributed by atoms with van der Waals surface area (Å²) >= 11 is 1.78. The Kier molecular flexibility index (Phi) is 6.35. The van der Waals surface area contributed by atoms with Gasteiger partial charge in [-0.1, -0.05) is 54.9 Å². The molecule has 9 heteroatoms. The second kappa shape index (κ2) is 9.91. The first-order valence-corrected chi connectivity index (χ1v) is 13.4. The van der Waals surface area contributed by atoms with Crippen LogP contribution in [0, 0.1) is 0 Å². The lowest BCUT2D eigenvalue weighted by Gasteiger charge is -2.39.